The summed E-state index contributed by atoms with van der Waals surface area (Å²) in [5.41, 5.74) is 4.28. The summed E-state index contributed by atoms with van der Waals surface area (Å²) in [5.74, 6) is 0.672. The number of nitriles is 1. The van der Waals surface area contributed by atoms with Crippen molar-refractivity contribution < 1.29 is 9.53 Å². The number of hydrogen-bond acceptors (Lipinski definition) is 3. The van der Waals surface area contributed by atoms with Gasteiger partial charge in [0.15, 0.2) is 0 Å². The van der Waals surface area contributed by atoms with E-state index in [1.807, 2.05) is 30.3 Å². The highest BCUT2D eigenvalue weighted by atomic mass is 79.9. The Kier molecular flexibility index (Phi) is 5.87. The molecule has 0 saturated carbocycles. The van der Waals surface area contributed by atoms with Gasteiger partial charge in [0.05, 0.1) is 16.1 Å². The monoisotopic (exact) mass is 469 g/mol. The number of halogens is 2. The molecule has 0 radical (unpaired) electrons. The van der Waals surface area contributed by atoms with Crippen LogP contribution in [0.4, 0.5) is 0 Å². The number of carbonyl (C=O) groups is 1. The van der Waals surface area contributed by atoms with Gasteiger partial charge in [0.2, 0.25) is 0 Å². The van der Waals surface area contributed by atoms with Crippen LogP contribution < -0.4 is 4.74 Å². The smallest absolute Gasteiger partial charge is 0.150 e. The molecule has 128 valence electrons. The van der Waals surface area contributed by atoms with Gasteiger partial charge < -0.3 is 4.74 Å². The first-order valence-corrected chi connectivity index (χ1v) is 9.36. The number of aldehydes is 1. The van der Waals surface area contributed by atoms with Crippen molar-refractivity contribution in [3.8, 4) is 22.9 Å². The number of rotatable bonds is 5. The molecule has 0 aliphatic rings. The predicted octanol–water partition coefficient (Wildman–Crippen LogP) is 6.14. The number of hydrogen-bond donors (Lipinski definition) is 0. The average molecular weight is 471 g/mol. The van der Waals surface area contributed by atoms with Crippen LogP contribution in [0.3, 0.4) is 0 Å². The van der Waals surface area contributed by atoms with Crippen molar-refractivity contribution in [2.24, 2.45) is 0 Å². The molecule has 0 aromatic heterocycles. The molecule has 3 aromatic rings. The Balaban J connectivity index is 1.83. The highest BCUT2D eigenvalue weighted by molar-refractivity contribution is 9.11. The van der Waals surface area contributed by atoms with Crippen molar-refractivity contribution >= 4 is 38.1 Å². The molecule has 3 rings (SSSR count). The van der Waals surface area contributed by atoms with Gasteiger partial charge in [-0.2, -0.15) is 5.26 Å². The Hall–Kier alpha value is -2.42. The van der Waals surface area contributed by atoms with Gasteiger partial charge in [-0.15, -0.1) is 0 Å². The summed E-state index contributed by atoms with van der Waals surface area (Å²) in [7, 11) is 0. The van der Waals surface area contributed by atoms with Gasteiger partial charge in [-0.3, -0.25) is 4.79 Å². The van der Waals surface area contributed by atoms with Crippen LogP contribution >= 0.6 is 31.9 Å². The third kappa shape index (κ3) is 4.04. The fraction of sp³-hybridized carbons (Fsp3) is 0.0476. The molecule has 26 heavy (non-hydrogen) atoms. The molecule has 0 saturated heterocycles. The van der Waals surface area contributed by atoms with Crippen LogP contribution in [0.1, 0.15) is 21.5 Å². The standard InChI is InChI=1S/C21H13Br2NO2/c22-19-10-15(12-25)6-9-20(19)26-13-17-2-1-3-18(21(17)23)16-7-4-14(11-24)5-8-16/h1-10,12H,13H2. The predicted molar refractivity (Wildman–Crippen MR) is 108 cm³/mol. The third-order valence-electron chi connectivity index (χ3n) is 3.88. The molecule has 3 nitrogen and oxygen atoms in total. The van der Waals surface area contributed by atoms with Crippen molar-refractivity contribution in [2.75, 3.05) is 0 Å². The van der Waals surface area contributed by atoms with Crippen molar-refractivity contribution in [3.63, 3.8) is 0 Å². The Morgan fingerprint density at radius 1 is 1.04 bits per heavy atom. The van der Waals surface area contributed by atoms with Gasteiger partial charge in [-0.25, -0.2) is 0 Å². The zero-order valence-electron chi connectivity index (χ0n) is 13.6. The summed E-state index contributed by atoms with van der Waals surface area (Å²) >= 11 is 7.09. The number of ether oxygens (including phenoxy) is 1. The summed E-state index contributed by atoms with van der Waals surface area (Å²) in [4.78, 5) is 10.8. The first kappa shape index (κ1) is 18.4. The highest BCUT2D eigenvalue weighted by Crippen LogP contribution is 2.33. The lowest BCUT2D eigenvalue weighted by atomic mass is 10.0. The SMILES string of the molecule is N#Cc1ccc(-c2cccc(COc3ccc(C=O)cc3Br)c2Br)cc1. The molecule has 0 amide bonds. The van der Waals surface area contributed by atoms with Crippen LogP contribution in [0.5, 0.6) is 5.75 Å². The maximum atomic E-state index is 10.8. The zero-order valence-corrected chi connectivity index (χ0v) is 16.7. The quantitative estimate of drug-likeness (QED) is 0.420. The topological polar surface area (TPSA) is 50.1 Å². The first-order chi connectivity index (χ1) is 12.6. The molecule has 0 aliphatic heterocycles. The van der Waals surface area contributed by atoms with E-state index in [1.165, 1.54) is 0 Å². The maximum absolute atomic E-state index is 10.8. The molecule has 3 aromatic carbocycles. The Bertz CT molecular complexity index is 992. The van der Waals surface area contributed by atoms with Crippen LogP contribution in [0.25, 0.3) is 11.1 Å². The summed E-state index contributed by atoms with van der Waals surface area (Å²) in [6.45, 7) is 0.379. The van der Waals surface area contributed by atoms with E-state index in [0.29, 0.717) is 23.5 Å². The minimum Gasteiger partial charge on any atom is -0.488 e. The molecule has 0 N–H and O–H groups in total. The minimum absolute atomic E-state index is 0.379. The zero-order chi connectivity index (χ0) is 18.5. The van der Waals surface area contributed by atoms with Gasteiger partial charge in [-0.05, 0) is 73.3 Å². The van der Waals surface area contributed by atoms with Crippen molar-refractivity contribution in [2.45, 2.75) is 6.61 Å². The first-order valence-electron chi connectivity index (χ1n) is 7.78. The summed E-state index contributed by atoms with van der Waals surface area (Å²) in [6, 6.07) is 20.8. The third-order valence-corrected chi connectivity index (χ3v) is 5.44. The molecular formula is C21H13Br2NO2. The fourth-order valence-corrected chi connectivity index (χ4v) is 3.62. The van der Waals surface area contributed by atoms with E-state index in [-0.39, 0.29) is 0 Å². The van der Waals surface area contributed by atoms with Crippen LogP contribution in [-0.4, -0.2) is 6.29 Å². The Morgan fingerprint density at radius 2 is 1.81 bits per heavy atom. The normalized spacial score (nSPS) is 10.2. The molecule has 0 spiro atoms. The average Bonchev–Trinajstić information content (AvgIpc) is 2.68. The van der Waals surface area contributed by atoms with Crippen LogP contribution in [-0.2, 0) is 6.61 Å². The number of nitrogens with zero attached hydrogens (tertiary/aromatic N) is 1. The highest BCUT2D eigenvalue weighted by Gasteiger charge is 2.10. The second-order valence-electron chi connectivity index (χ2n) is 5.56. The van der Waals surface area contributed by atoms with Gasteiger partial charge in [0.25, 0.3) is 0 Å². The van der Waals surface area contributed by atoms with E-state index in [4.69, 9.17) is 10.00 Å². The summed E-state index contributed by atoms with van der Waals surface area (Å²) < 4.78 is 7.58. The van der Waals surface area contributed by atoms with Gasteiger partial charge in [-0.1, -0.05) is 30.3 Å². The molecule has 0 bridgehead atoms. The van der Waals surface area contributed by atoms with E-state index < -0.39 is 0 Å². The lowest BCUT2D eigenvalue weighted by Gasteiger charge is -2.13. The second kappa shape index (κ2) is 8.31. The fourth-order valence-electron chi connectivity index (χ4n) is 2.50. The Labute approximate surface area is 168 Å². The van der Waals surface area contributed by atoms with Gasteiger partial charge in [0, 0.05) is 15.6 Å². The van der Waals surface area contributed by atoms with Crippen molar-refractivity contribution in [1.82, 2.24) is 0 Å². The maximum Gasteiger partial charge on any atom is 0.150 e. The number of carbonyl (C=O) groups excluding carboxylic acids is 1. The summed E-state index contributed by atoms with van der Waals surface area (Å²) in [5, 5.41) is 8.93. The molecule has 0 unspecified atom stereocenters. The van der Waals surface area contributed by atoms with Crippen molar-refractivity contribution in [1.29, 1.82) is 5.26 Å². The Morgan fingerprint density at radius 3 is 2.46 bits per heavy atom. The van der Waals surface area contributed by atoms with Gasteiger partial charge >= 0.3 is 0 Å². The van der Waals surface area contributed by atoms with Crippen molar-refractivity contribution in [3.05, 3.63) is 86.3 Å². The molecule has 5 heteroatoms. The molecular weight excluding hydrogens is 458 g/mol. The molecule has 0 heterocycles. The van der Waals surface area contributed by atoms with Crippen LogP contribution in [0, 0.1) is 11.3 Å². The summed E-state index contributed by atoms with van der Waals surface area (Å²) in [6.07, 6.45) is 0.798. The second-order valence-corrected chi connectivity index (χ2v) is 7.21. The van der Waals surface area contributed by atoms with E-state index >= 15 is 0 Å². The minimum atomic E-state index is 0.379. The van der Waals surface area contributed by atoms with Crippen LogP contribution in [0.15, 0.2) is 69.6 Å². The van der Waals surface area contributed by atoms with E-state index in [0.717, 1.165) is 31.9 Å². The lowest BCUT2D eigenvalue weighted by Crippen LogP contribution is -1.98. The molecule has 0 fully saturated rings. The van der Waals surface area contributed by atoms with E-state index in [9.17, 15) is 4.79 Å². The molecule has 0 aliphatic carbocycles. The lowest BCUT2D eigenvalue weighted by molar-refractivity contribution is 0.112. The van der Waals surface area contributed by atoms with Crippen LogP contribution in [0.2, 0.25) is 0 Å². The van der Waals surface area contributed by atoms with Gasteiger partial charge in [0.1, 0.15) is 18.6 Å². The van der Waals surface area contributed by atoms with E-state index in [2.05, 4.69) is 37.9 Å². The van der Waals surface area contributed by atoms with E-state index in [1.54, 1.807) is 30.3 Å². The largest absolute Gasteiger partial charge is 0.488 e. The number of benzene rings is 3. The molecule has 0 atom stereocenters.